The summed E-state index contributed by atoms with van der Waals surface area (Å²) < 4.78 is 5.77. The highest BCUT2D eigenvalue weighted by molar-refractivity contribution is 6.31. The molecular formula is C13H17ClN2O. The van der Waals surface area contributed by atoms with Crippen LogP contribution in [0.2, 0.25) is 5.02 Å². The Labute approximate surface area is 107 Å². The van der Waals surface area contributed by atoms with E-state index < -0.39 is 0 Å². The molecule has 2 aliphatic carbocycles. The first kappa shape index (κ1) is 11.3. The van der Waals surface area contributed by atoms with E-state index in [2.05, 4.69) is 10.3 Å². The lowest BCUT2D eigenvalue weighted by molar-refractivity contribution is 0.114. The second-order valence-electron chi connectivity index (χ2n) is 4.90. The lowest BCUT2D eigenvalue weighted by atomic mass is 9.96. The van der Waals surface area contributed by atoms with Crippen molar-refractivity contribution in [3.8, 4) is 5.88 Å². The fourth-order valence-corrected chi connectivity index (χ4v) is 2.01. The van der Waals surface area contributed by atoms with E-state index in [4.69, 9.17) is 16.3 Å². The average Bonchev–Trinajstić information content (AvgIpc) is 3.07. The minimum atomic E-state index is 0.368. The van der Waals surface area contributed by atoms with Gasteiger partial charge in [0.2, 0.25) is 5.88 Å². The van der Waals surface area contributed by atoms with E-state index in [9.17, 15) is 0 Å². The van der Waals surface area contributed by atoms with Crippen molar-refractivity contribution < 1.29 is 4.74 Å². The van der Waals surface area contributed by atoms with Crippen molar-refractivity contribution >= 4 is 11.6 Å². The van der Waals surface area contributed by atoms with Crippen molar-refractivity contribution in [2.75, 3.05) is 0 Å². The molecule has 92 valence electrons. The topological polar surface area (TPSA) is 34.1 Å². The first-order chi connectivity index (χ1) is 8.31. The van der Waals surface area contributed by atoms with Crippen LogP contribution >= 0.6 is 11.6 Å². The van der Waals surface area contributed by atoms with E-state index in [1.54, 1.807) is 0 Å². The summed E-state index contributed by atoms with van der Waals surface area (Å²) in [6.45, 7) is 0.741. The van der Waals surface area contributed by atoms with E-state index in [0.717, 1.165) is 30.1 Å². The first-order valence-electron chi connectivity index (χ1n) is 6.37. The molecule has 17 heavy (non-hydrogen) atoms. The summed E-state index contributed by atoms with van der Waals surface area (Å²) in [5.74, 6) is 0.715. The SMILES string of the molecule is Clc1ccc(OC2CCC2)nc1CNC1CC1. The summed E-state index contributed by atoms with van der Waals surface area (Å²) in [6.07, 6.45) is 6.49. The Hall–Kier alpha value is -0.800. The Kier molecular flexibility index (Phi) is 3.21. The number of hydrogen-bond donors (Lipinski definition) is 1. The summed E-state index contributed by atoms with van der Waals surface area (Å²) in [6, 6.07) is 4.41. The quantitative estimate of drug-likeness (QED) is 0.875. The minimum Gasteiger partial charge on any atom is -0.474 e. The van der Waals surface area contributed by atoms with Crippen molar-refractivity contribution in [1.29, 1.82) is 0 Å². The van der Waals surface area contributed by atoms with Gasteiger partial charge in [0.1, 0.15) is 6.10 Å². The molecule has 3 rings (SSSR count). The first-order valence-corrected chi connectivity index (χ1v) is 6.74. The highest BCUT2D eigenvalue weighted by Gasteiger charge is 2.22. The lowest BCUT2D eigenvalue weighted by Gasteiger charge is -2.25. The van der Waals surface area contributed by atoms with Crippen molar-refractivity contribution in [1.82, 2.24) is 10.3 Å². The van der Waals surface area contributed by atoms with E-state index in [1.165, 1.54) is 19.3 Å². The highest BCUT2D eigenvalue weighted by atomic mass is 35.5. The van der Waals surface area contributed by atoms with Gasteiger partial charge in [-0.25, -0.2) is 4.98 Å². The molecule has 2 aliphatic rings. The van der Waals surface area contributed by atoms with Crippen LogP contribution in [0.25, 0.3) is 0 Å². The maximum atomic E-state index is 6.13. The summed E-state index contributed by atoms with van der Waals surface area (Å²) in [5.41, 5.74) is 0.899. The Balaban J connectivity index is 1.64. The predicted molar refractivity (Wildman–Crippen MR) is 67.4 cm³/mol. The largest absolute Gasteiger partial charge is 0.474 e. The second-order valence-corrected chi connectivity index (χ2v) is 5.31. The molecule has 0 spiro atoms. The molecular weight excluding hydrogens is 236 g/mol. The minimum absolute atomic E-state index is 0.368. The van der Waals surface area contributed by atoms with Gasteiger partial charge >= 0.3 is 0 Å². The van der Waals surface area contributed by atoms with Gasteiger partial charge in [0.05, 0.1) is 10.7 Å². The maximum Gasteiger partial charge on any atom is 0.213 e. The third kappa shape index (κ3) is 2.90. The Bertz CT molecular complexity index is 402. The molecule has 4 heteroatoms. The van der Waals surface area contributed by atoms with Gasteiger partial charge in [-0.2, -0.15) is 0 Å². The molecule has 0 saturated heterocycles. The van der Waals surface area contributed by atoms with E-state index in [1.807, 2.05) is 12.1 Å². The Morgan fingerprint density at radius 1 is 1.29 bits per heavy atom. The Morgan fingerprint density at radius 2 is 2.12 bits per heavy atom. The molecule has 1 aromatic rings. The zero-order valence-electron chi connectivity index (χ0n) is 9.79. The molecule has 3 nitrogen and oxygen atoms in total. The van der Waals surface area contributed by atoms with Crippen LogP contribution in [0.1, 0.15) is 37.8 Å². The van der Waals surface area contributed by atoms with Crippen LogP contribution in [-0.4, -0.2) is 17.1 Å². The molecule has 1 aromatic heterocycles. The van der Waals surface area contributed by atoms with Crippen LogP contribution in [0.3, 0.4) is 0 Å². The van der Waals surface area contributed by atoms with Crippen LogP contribution in [0, 0.1) is 0 Å². The van der Waals surface area contributed by atoms with E-state index >= 15 is 0 Å². The van der Waals surface area contributed by atoms with E-state index in [0.29, 0.717) is 18.0 Å². The highest BCUT2D eigenvalue weighted by Crippen LogP contribution is 2.26. The molecule has 0 aromatic carbocycles. The molecule has 0 radical (unpaired) electrons. The maximum absolute atomic E-state index is 6.13. The molecule has 2 fully saturated rings. The normalized spacial score (nSPS) is 20.1. The molecule has 0 amide bonds. The van der Waals surface area contributed by atoms with Crippen molar-refractivity contribution in [3.05, 3.63) is 22.8 Å². The number of nitrogens with zero attached hydrogens (tertiary/aromatic N) is 1. The summed E-state index contributed by atoms with van der Waals surface area (Å²) in [5, 5.41) is 4.14. The third-order valence-electron chi connectivity index (χ3n) is 3.37. The molecule has 0 atom stereocenters. The third-order valence-corrected chi connectivity index (χ3v) is 3.71. The van der Waals surface area contributed by atoms with Crippen molar-refractivity contribution in [3.63, 3.8) is 0 Å². The predicted octanol–water partition coefficient (Wildman–Crippen LogP) is 2.92. The van der Waals surface area contributed by atoms with Gasteiger partial charge in [-0.3, -0.25) is 0 Å². The molecule has 0 unspecified atom stereocenters. The summed E-state index contributed by atoms with van der Waals surface area (Å²) in [7, 11) is 0. The van der Waals surface area contributed by atoms with Crippen LogP contribution in [0.5, 0.6) is 5.88 Å². The van der Waals surface area contributed by atoms with Crippen molar-refractivity contribution in [2.24, 2.45) is 0 Å². The standard InChI is InChI=1S/C13H17ClN2O/c14-11-6-7-13(17-10-2-1-3-10)16-12(11)8-15-9-4-5-9/h6-7,9-10,15H,1-5,8H2. The summed E-state index contributed by atoms with van der Waals surface area (Å²) in [4.78, 5) is 4.48. The number of aromatic nitrogens is 1. The number of halogens is 1. The van der Waals surface area contributed by atoms with Crippen LogP contribution in [-0.2, 0) is 6.54 Å². The van der Waals surface area contributed by atoms with Gasteiger partial charge in [0.15, 0.2) is 0 Å². The molecule has 0 aliphatic heterocycles. The van der Waals surface area contributed by atoms with Gasteiger partial charge < -0.3 is 10.1 Å². The second kappa shape index (κ2) is 4.83. The van der Waals surface area contributed by atoms with Crippen molar-refractivity contribution in [2.45, 2.75) is 50.8 Å². The van der Waals surface area contributed by atoms with Gasteiger partial charge in [-0.05, 0) is 38.2 Å². The van der Waals surface area contributed by atoms with Crippen LogP contribution in [0.15, 0.2) is 12.1 Å². The summed E-state index contributed by atoms with van der Waals surface area (Å²) >= 11 is 6.13. The van der Waals surface area contributed by atoms with Crippen LogP contribution in [0.4, 0.5) is 0 Å². The van der Waals surface area contributed by atoms with Gasteiger partial charge in [0, 0.05) is 18.7 Å². The van der Waals surface area contributed by atoms with Gasteiger partial charge in [-0.15, -0.1) is 0 Å². The Morgan fingerprint density at radius 3 is 2.76 bits per heavy atom. The number of nitrogens with one attached hydrogen (secondary N) is 1. The number of rotatable bonds is 5. The smallest absolute Gasteiger partial charge is 0.213 e. The lowest BCUT2D eigenvalue weighted by Crippen LogP contribution is -2.25. The van der Waals surface area contributed by atoms with Crippen LogP contribution < -0.4 is 10.1 Å². The number of pyridine rings is 1. The fraction of sp³-hybridized carbons (Fsp3) is 0.615. The average molecular weight is 253 g/mol. The molecule has 1 heterocycles. The monoisotopic (exact) mass is 252 g/mol. The van der Waals surface area contributed by atoms with E-state index in [-0.39, 0.29) is 0 Å². The number of ether oxygens (including phenoxy) is 1. The zero-order chi connectivity index (χ0) is 11.7. The molecule has 1 N–H and O–H groups in total. The zero-order valence-corrected chi connectivity index (χ0v) is 10.5. The molecule has 2 saturated carbocycles. The fourth-order valence-electron chi connectivity index (χ4n) is 1.84. The van der Waals surface area contributed by atoms with Gasteiger partial charge in [-0.1, -0.05) is 11.6 Å². The van der Waals surface area contributed by atoms with Gasteiger partial charge in [0.25, 0.3) is 0 Å². The number of hydrogen-bond acceptors (Lipinski definition) is 3. The molecule has 0 bridgehead atoms.